The van der Waals surface area contributed by atoms with Gasteiger partial charge in [-0.15, -0.1) is 10.2 Å². The number of ether oxygens (including phenoxy) is 3. The van der Waals surface area contributed by atoms with Crippen LogP contribution in [0.2, 0.25) is 0 Å². The molecule has 9 nitrogen and oxygen atoms in total. The highest BCUT2D eigenvalue weighted by Gasteiger charge is 2.21. The number of rotatable bonds is 10. The van der Waals surface area contributed by atoms with Crippen LogP contribution in [0.5, 0.6) is 17.2 Å². The Balaban J connectivity index is 1.53. The summed E-state index contributed by atoms with van der Waals surface area (Å²) < 4.78 is 18.4. The van der Waals surface area contributed by atoms with E-state index < -0.39 is 0 Å². The molecule has 0 saturated carbocycles. The average molecular weight is 560 g/mol. The van der Waals surface area contributed by atoms with Gasteiger partial charge in [0.1, 0.15) is 0 Å². The molecule has 4 rings (SSSR count). The molecule has 1 N–H and O–H groups in total. The molecule has 0 bridgehead atoms. The number of nitrogens with zero attached hydrogens (tertiary/aromatic N) is 4. The minimum atomic E-state index is -0.260. The molecule has 0 spiro atoms. The van der Waals surface area contributed by atoms with Crippen molar-refractivity contribution in [1.82, 2.24) is 20.2 Å². The summed E-state index contributed by atoms with van der Waals surface area (Å²) in [5.41, 5.74) is 6.36. The lowest BCUT2D eigenvalue weighted by Crippen LogP contribution is -2.20. The van der Waals surface area contributed by atoms with Crippen molar-refractivity contribution in [3.63, 3.8) is 0 Å². The van der Waals surface area contributed by atoms with Crippen molar-refractivity contribution in [2.24, 2.45) is 5.10 Å². The molecular formula is C30H33N5O4S. The summed E-state index contributed by atoms with van der Waals surface area (Å²) in [6, 6.07) is 21.4. The van der Waals surface area contributed by atoms with Crippen LogP contribution in [0.4, 0.5) is 0 Å². The van der Waals surface area contributed by atoms with Gasteiger partial charge in [-0.05, 0) is 40.8 Å². The number of benzene rings is 3. The van der Waals surface area contributed by atoms with Crippen LogP contribution in [0.3, 0.4) is 0 Å². The Hall–Kier alpha value is -4.31. The van der Waals surface area contributed by atoms with E-state index in [1.165, 1.54) is 17.3 Å². The van der Waals surface area contributed by atoms with Gasteiger partial charge in [-0.2, -0.15) is 5.10 Å². The van der Waals surface area contributed by atoms with Crippen LogP contribution >= 0.6 is 11.8 Å². The van der Waals surface area contributed by atoms with Crippen molar-refractivity contribution >= 4 is 23.9 Å². The van der Waals surface area contributed by atoms with Gasteiger partial charge in [0.25, 0.3) is 5.91 Å². The molecule has 0 aliphatic carbocycles. The van der Waals surface area contributed by atoms with E-state index in [-0.39, 0.29) is 17.1 Å². The van der Waals surface area contributed by atoms with Gasteiger partial charge in [-0.3, -0.25) is 9.36 Å². The third-order valence-corrected chi connectivity index (χ3v) is 7.01. The van der Waals surface area contributed by atoms with Gasteiger partial charge < -0.3 is 14.2 Å². The number of aromatic nitrogens is 3. The molecule has 10 heteroatoms. The summed E-state index contributed by atoms with van der Waals surface area (Å²) in [6.07, 6.45) is 1.63. The smallest absolute Gasteiger partial charge is 0.250 e. The van der Waals surface area contributed by atoms with E-state index in [9.17, 15) is 4.79 Å². The first-order valence-corrected chi connectivity index (χ1v) is 13.6. The normalized spacial score (nSPS) is 11.4. The minimum absolute atomic E-state index is 0.0762. The zero-order chi connectivity index (χ0) is 28.7. The first kappa shape index (κ1) is 28.7. The Morgan fingerprint density at radius 2 is 1.60 bits per heavy atom. The fraction of sp³-hybridized carbons (Fsp3) is 0.267. The molecular weight excluding hydrogens is 526 g/mol. The summed E-state index contributed by atoms with van der Waals surface area (Å²) in [6.45, 7) is 6.50. The molecule has 0 fully saturated rings. The Labute approximate surface area is 238 Å². The van der Waals surface area contributed by atoms with Crippen LogP contribution in [-0.2, 0) is 10.2 Å². The number of thioether (sulfide) groups is 1. The monoisotopic (exact) mass is 559 g/mol. The first-order chi connectivity index (χ1) is 19.2. The fourth-order valence-corrected chi connectivity index (χ4v) is 4.73. The average Bonchev–Trinajstić information content (AvgIpc) is 3.39. The second-order valence-electron chi connectivity index (χ2n) is 9.85. The quantitative estimate of drug-likeness (QED) is 0.156. The number of hydrazone groups is 1. The number of hydrogen-bond donors (Lipinski definition) is 1. The Morgan fingerprint density at radius 3 is 2.17 bits per heavy atom. The summed E-state index contributed by atoms with van der Waals surface area (Å²) in [4.78, 5) is 12.6. The molecule has 4 aromatic rings. The van der Waals surface area contributed by atoms with E-state index in [1.54, 1.807) is 27.5 Å². The highest BCUT2D eigenvalue weighted by Crippen LogP contribution is 2.41. The maximum absolute atomic E-state index is 12.6. The number of para-hydroxylation sites is 1. The summed E-state index contributed by atoms with van der Waals surface area (Å²) in [5, 5.41) is 13.5. The van der Waals surface area contributed by atoms with Gasteiger partial charge >= 0.3 is 0 Å². The van der Waals surface area contributed by atoms with Gasteiger partial charge in [-0.25, -0.2) is 5.43 Å². The van der Waals surface area contributed by atoms with E-state index in [2.05, 4.69) is 53.6 Å². The van der Waals surface area contributed by atoms with Crippen LogP contribution < -0.4 is 19.6 Å². The van der Waals surface area contributed by atoms with Gasteiger partial charge in [0.05, 0.1) is 33.3 Å². The molecule has 0 atom stereocenters. The summed E-state index contributed by atoms with van der Waals surface area (Å²) in [5.74, 6) is 1.88. The minimum Gasteiger partial charge on any atom is -0.493 e. The molecule has 0 unspecified atom stereocenters. The number of carbonyl (C=O) groups excluding carboxylic acids is 1. The zero-order valence-electron chi connectivity index (χ0n) is 23.5. The third kappa shape index (κ3) is 6.63. The maximum Gasteiger partial charge on any atom is 0.250 e. The number of amides is 1. The van der Waals surface area contributed by atoms with Crippen molar-refractivity contribution < 1.29 is 19.0 Å². The van der Waals surface area contributed by atoms with E-state index in [1.807, 2.05) is 59.2 Å². The van der Waals surface area contributed by atoms with E-state index in [0.717, 1.165) is 11.3 Å². The molecule has 208 valence electrons. The van der Waals surface area contributed by atoms with Crippen molar-refractivity contribution in [3.05, 3.63) is 77.9 Å². The van der Waals surface area contributed by atoms with Gasteiger partial charge in [0, 0.05) is 11.3 Å². The SMILES string of the molecule is COc1cc(-c2nnc(SCC(=O)N/N=C\c3ccc(C(C)(C)C)cc3)n2-c2ccccc2)cc(OC)c1OC. The van der Waals surface area contributed by atoms with Crippen LogP contribution in [0.15, 0.2) is 77.0 Å². The van der Waals surface area contributed by atoms with Gasteiger partial charge in [-0.1, -0.05) is 75.0 Å². The molecule has 1 amide bonds. The van der Waals surface area contributed by atoms with Crippen LogP contribution in [0, 0.1) is 0 Å². The molecule has 0 aliphatic rings. The van der Waals surface area contributed by atoms with Crippen molar-refractivity contribution in [3.8, 4) is 34.3 Å². The highest BCUT2D eigenvalue weighted by atomic mass is 32.2. The number of hydrogen-bond acceptors (Lipinski definition) is 8. The van der Waals surface area contributed by atoms with E-state index in [4.69, 9.17) is 14.2 Å². The lowest BCUT2D eigenvalue weighted by atomic mass is 9.87. The third-order valence-electron chi connectivity index (χ3n) is 6.08. The predicted molar refractivity (Wildman–Crippen MR) is 158 cm³/mol. The summed E-state index contributed by atoms with van der Waals surface area (Å²) >= 11 is 1.26. The molecule has 1 heterocycles. The van der Waals surface area contributed by atoms with Crippen molar-refractivity contribution in [1.29, 1.82) is 0 Å². The Kier molecular flexibility index (Phi) is 9.11. The van der Waals surface area contributed by atoms with Crippen molar-refractivity contribution in [2.45, 2.75) is 31.3 Å². The second kappa shape index (κ2) is 12.7. The van der Waals surface area contributed by atoms with E-state index >= 15 is 0 Å². The number of nitrogens with one attached hydrogen (secondary N) is 1. The maximum atomic E-state index is 12.6. The van der Waals surface area contributed by atoms with Crippen LogP contribution in [0.1, 0.15) is 31.9 Å². The second-order valence-corrected chi connectivity index (χ2v) is 10.8. The van der Waals surface area contributed by atoms with Crippen LogP contribution in [0.25, 0.3) is 17.1 Å². The van der Waals surface area contributed by atoms with Crippen LogP contribution in [-0.4, -0.2) is 54.0 Å². The number of carbonyl (C=O) groups is 1. The molecule has 1 aromatic heterocycles. The molecule has 40 heavy (non-hydrogen) atoms. The predicted octanol–water partition coefficient (Wildman–Crippen LogP) is 5.50. The molecule has 3 aromatic carbocycles. The molecule has 0 aliphatic heterocycles. The van der Waals surface area contributed by atoms with Gasteiger partial charge in [0.15, 0.2) is 22.5 Å². The first-order valence-electron chi connectivity index (χ1n) is 12.6. The molecule has 0 radical (unpaired) electrons. The standard InChI is InChI=1S/C30H33N5O4S/c1-30(2,3)22-14-12-20(13-15-22)18-31-32-26(36)19-40-29-34-33-28(35(29)23-10-8-7-9-11-23)21-16-24(37-4)27(39-6)25(17-21)38-5/h7-18H,19H2,1-6H3,(H,32,36)/b31-18-. The Bertz CT molecular complexity index is 1450. The Morgan fingerprint density at radius 1 is 0.950 bits per heavy atom. The zero-order valence-corrected chi connectivity index (χ0v) is 24.3. The topological polar surface area (TPSA) is 99.9 Å². The lowest BCUT2D eigenvalue weighted by molar-refractivity contribution is -0.118. The van der Waals surface area contributed by atoms with E-state index in [0.29, 0.717) is 33.8 Å². The van der Waals surface area contributed by atoms with Crippen molar-refractivity contribution in [2.75, 3.05) is 27.1 Å². The fourth-order valence-electron chi connectivity index (χ4n) is 3.98. The molecule has 0 saturated heterocycles. The highest BCUT2D eigenvalue weighted by molar-refractivity contribution is 7.99. The summed E-state index contributed by atoms with van der Waals surface area (Å²) in [7, 11) is 4.68. The number of methoxy groups -OCH3 is 3. The van der Waals surface area contributed by atoms with Gasteiger partial charge in [0.2, 0.25) is 5.75 Å². The largest absolute Gasteiger partial charge is 0.493 e. The lowest BCUT2D eigenvalue weighted by Gasteiger charge is -2.18.